The number of nitrogens with one attached hydrogen (secondary N) is 3. The van der Waals surface area contributed by atoms with Crippen molar-refractivity contribution in [2.75, 3.05) is 26.2 Å². The summed E-state index contributed by atoms with van der Waals surface area (Å²) in [6.07, 6.45) is 0.790. The Morgan fingerprint density at radius 2 is 1.93 bits per heavy atom. The summed E-state index contributed by atoms with van der Waals surface area (Å²) in [4.78, 5) is 16.3. The zero-order valence-electron chi connectivity index (χ0n) is 16.3. The highest BCUT2D eigenvalue weighted by atomic mass is 127. The van der Waals surface area contributed by atoms with Crippen LogP contribution >= 0.6 is 35.3 Å². The van der Waals surface area contributed by atoms with Gasteiger partial charge in [0, 0.05) is 13.1 Å². The summed E-state index contributed by atoms with van der Waals surface area (Å²) in [7, 11) is 0. The van der Waals surface area contributed by atoms with E-state index in [1.165, 1.54) is 5.56 Å². The number of amides is 1. The highest BCUT2D eigenvalue weighted by molar-refractivity contribution is 14.0. The Morgan fingerprint density at radius 1 is 1.18 bits per heavy atom. The number of thiophene rings is 1. The molecule has 6 nitrogen and oxygen atoms in total. The first-order valence-electron chi connectivity index (χ1n) is 9.09. The summed E-state index contributed by atoms with van der Waals surface area (Å²) in [6.45, 7) is 5.28. The van der Waals surface area contributed by atoms with Crippen LogP contribution in [0, 0.1) is 0 Å². The average molecular weight is 516 g/mol. The summed E-state index contributed by atoms with van der Waals surface area (Å²) in [6, 6.07) is 11.9. The molecule has 2 aromatic rings. The van der Waals surface area contributed by atoms with E-state index >= 15 is 0 Å². The Kier molecular flexibility index (Phi) is 11.1. The molecule has 0 aliphatic rings. The Morgan fingerprint density at radius 3 is 2.57 bits per heavy atom. The maximum absolute atomic E-state index is 12.0. The number of benzene rings is 1. The smallest absolute Gasteiger partial charge is 0.241 e. The van der Waals surface area contributed by atoms with E-state index in [4.69, 9.17) is 0 Å². The molecule has 1 amide bonds. The fraction of sp³-hybridized carbons (Fsp3) is 0.400. The number of halogens is 1. The molecule has 0 saturated heterocycles. The average Bonchev–Trinajstić information content (AvgIpc) is 3.21. The molecule has 28 heavy (non-hydrogen) atoms. The van der Waals surface area contributed by atoms with Crippen molar-refractivity contribution in [1.82, 2.24) is 16.0 Å². The molecule has 1 heterocycles. The monoisotopic (exact) mass is 516 g/mol. The van der Waals surface area contributed by atoms with Gasteiger partial charge in [-0.05, 0) is 48.2 Å². The van der Waals surface area contributed by atoms with Crippen LogP contribution in [0.15, 0.2) is 52.2 Å². The number of hydrogen-bond acceptors (Lipinski definition) is 4. The third-order valence-corrected chi connectivity index (χ3v) is 4.73. The van der Waals surface area contributed by atoms with E-state index in [0.29, 0.717) is 25.6 Å². The van der Waals surface area contributed by atoms with Crippen LogP contribution in [0.5, 0.6) is 0 Å². The first-order valence-corrected chi connectivity index (χ1v) is 10.0. The van der Waals surface area contributed by atoms with Crippen molar-refractivity contribution >= 4 is 47.2 Å². The molecule has 1 aromatic carbocycles. The largest absolute Gasteiger partial charge is 0.384 e. The lowest BCUT2D eigenvalue weighted by Crippen LogP contribution is -2.45. The van der Waals surface area contributed by atoms with Gasteiger partial charge in [-0.3, -0.25) is 4.79 Å². The number of aliphatic imine (C=N–C) groups is 1. The lowest BCUT2D eigenvalue weighted by atomic mass is 9.99. The van der Waals surface area contributed by atoms with Gasteiger partial charge >= 0.3 is 0 Å². The number of hydrogen-bond donors (Lipinski definition) is 4. The van der Waals surface area contributed by atoms with Gasteiger partial charge in [0.05, 0.1) is 6.54 Å². The highest BCUT2D eigenvalue weighted by Gasteiger charge is 2.23. The second-order valence-corrected chi connectivity index (χ2v) is 7.20. The number of guanidine groups is 1. The Balaban J connectivity index is 0.00000392. The summed E-state index contributed by atoms with van der Waals surface area (Å²) >= 11 is 1.54. The summed E-state index contributed by atoms with van der Waals surface area (Å²) in [5.74, 6) is 0.374. The fourth-order valence-electron chi connectivity index (χ4n) is 2.47. The second-order valence-electron chi connectivity index (χ2n) is 6.42. The molecule has 0 aliphatic heterocycles. The number of aliphatic hydroxyl groups is 1. The molecular formula is C20H29IN4O2S. The van der Waals surface area contributed by atoms with Crippen LogP contribution in [0.25, 0.3) is 0 Å². The summed E-state index contributed by atoms with van der Waals surface area (Å²) in [5, 5.41) is 23.5. The zero-order chi connectivity index (χ0) is 19.5. The number of carbonyl (C=O) groups is 1. The van der Waals surface area contributed by atoms with Crippen molar-refractivity contribution in [3.8, 4) is 0 Å². The van der Waals surface area contributed by atoms with E-state index in [-0.39, 0.29) is 36.4 Å². The van der Waals surface area contributed by atoms with Gasteiger partial charge in [-0.25, -0.2) is 4.99 Å². The van der Waals surface area contributed by atoms with E-state index < -0.39 is 5.60 Å². The molecule has 4 N–H and O–H groups in total. The molecule has 0 spiro atoms. The molecule has 8 heteroatoms. The standard InChI is InChI=1S/C20H28N4O2S.HI/c1-3-21-19(24-15-20(2,26)17-10-12-27-14-17)23-13-18(25)22-11-9-16-7-5-4-6-8-16;/h4-8,10,12,14,26H,3,9,11,13,15H2,1-2H3,(H,22,25)(H2,21,23,24);1H. The second kappa shape index (κ2) is 12.7. The maximum atomic E-state index is 12.0. The van der Waals surface area contributed by atoms with Gasteiger partial charge in [-0.15, -0.1) is 24.0 Å². The minimum Gasteiger partial charge on any atom is -0.384 e. The van der Waals surface area contributed by atoms with Crippen molar-refractivity contribution in [2.45, 2.75) is 25.9 Å². The van der Waals surface area contributed by atoms with Gasteiger partial charge in [0.25, 0.3) is 0 Å². The van der Waals surface area contributed by atoms with Crippen molar-refractivity contribution in [1.29, 1.82) is 0 Å². The van der Waals surface area contributed by atoms with Crippen LogP contribution < -0.4 is 16.0 Å². The molecule has 154 valence electrons. The van der Waals surface area contributed by atoms with E-state index in [9.17, 15) is 9.90 Å². The molecule has 1 unspecified atom stereocenters. The minimum absolute atomic E-state index is 0. The van der Waals surface area contributed by atoms with Gasteiger partial charge in [-0.1, -0.05) is 30.3 Å². The Labute approximate surface area is 187 Å². The molecule has 0 saturated carbocycles. The molecule has 1 aromatic heterocycles. The third-order valence-electron chi connectivity index (χ3n) is 4.05. The lowest BCUT2D eigenvalue weighted by Gasteiger charge is -2.24. The van der Waals surface area contributed by atoms with Crippen molar-refractivity contribution in [2.24, 2.45) is 4.99 Å². The van der Waals surface area contributed by atoms with Gasteiger partial charge in [0.15, 0.2) is 5.96 Å². The van der Waals surface area contributed by atoms with Crippen molar-refractivity contribution in [3.05, 3.63) is 58.3 Å². The van der Waals surface area contributed by atoms with Crippen molar-refractivity contribution < 1.29 is 9.90 Å². The highest BCUT2D eigenvalue weighted by Crippen LogP contribution is 2.21. The normalized spacial score (nSPS) is 13.2. The molecule has 0 bridgehead atoms. The SMILES string of the molecule is CCNC(=NCC(=O)NCCc1ccccc1)NCC(C)(O)c1ccsc1.I. The Hall–Kier alpha value is -1.65. The quantitative estimate of drug-likeness (QED) is 0.235. The van der Waals surface area contributed by atoms with Gasteiger partial charge in [0.2, 0.25) is 5.91 Å². The summed E-state index contributed by atoms with van der Waals surface area (Å²) < 4.78 is 0. The van der Waals surface area contributed by atoms with Gasteiger partial charge in [0.1, 0.15) is 12.1 Å². The van der Waals surface area contributed by atoms with E-state index in [2.05, 4.69) is 20.9 Å². The first kappa shape index (κ1) is 24.4. The molecule has 0 radical (unpaired) electrons. The van der Waals surface area contributed by atoms with E-state index in [0.717, 1.165) is 12.0 Å². The van der Waals surface area contributed by atoms with Crippen LogP contribution in [0.3, 0.4) is 0 Å². The zero-order valence-corrected chi connectivity index (χ0v) is 19.4. The number of nitrogens with zero attached hydrogens (tertiary/aromatic N) is 1. The fourth-order valence-corrected chi connectivity index (χ4v) is 3.25. The summed E-state index contributed by atoms with van der Waals surface area (Å²) in [5.41, 5.74) is 1.04. The van der Waals surface area contributed by atoms with Crippen LogP contribution in [0.2, 0.25) is 0 Å². The molecular weight excluding hydrogens is 487 g/mol. The topological polar surface area (TPSA) is 85.8 Å². The van der Waals surface area contributed by atoms with Crippen LogP contribution in [0.1, 0.15) is 25.0 Å². The predicted octanol–water partition coefficient (Wildman–Crippen LogP) is 2.49. The lowest BCUT2D eigenvalue weighted by molar-refractivity contribution is -0.119. The van der Waals surface area contributed by atoms with Crippen LogP contribution in [-0.4, -0.2) is 43.2 Å². The molecule has 1 atom stereocenters. The van der Waals surface area contributed by atoms with E-state index in [1.807, 2.05) is 54.1 Å². The maximum Gasteiger partial charge on any atom is 0.241 e. The Bertz CT molecular complexity index is 721. The van der Waals surface area contributed by atoms with Gasteiger partial charge < -0.3 is 21.1 Å². The molecule has 0 fully saturated rings. The van der Waals surface area contributed by atoms with Crippen molar-refractivity contribution in [3.63, 3.8) is 0 Å². The number of rotatable bonds is 9. The third kappa shape index (κ3) is 8.57. The molecule has 0 aliphatic carbocycles. The van der Waals surface area contributed by atoms with Crippen LogP contribution in [0.4, 0.5) is 0 Å². The molecule has 2 rings (SSSR count). The van der Waals surface area contributed by atoms with E-state index in [1.54, 1.807) is 18.3 Å². The van der Waals surface area contributed by atoms with Crippen LogP contribution in [-0.2, 0) is 16.8 Å². The minimum atomic E-state index is -1.01. The predicted molar refractivity (Wildman–Crippen MR) is 126 cm³/mol. The van der Waals surface area contributed by atoms with Gasteiger partial charge in [-0.2, -0.15) is 11.3 Å². The number of carbonyl (C=O) groups excluding carboxylic acids is 1. The first-order chi connectivity index (χ1) is 13.0.